The first-order valence-electron chi connectivity index (χ1n) is 7.23. The molecule has 0 unspecified atom stereocenters. The van der Waals surface area contributed by atoms with Crippen molar-refractivity contribution in [1.82, 2.24) is 9.80 Å². The predicted octanol–water partition coefficient (Wildman–Crippen LogP) is 3.11. The van der Waals surface area contributed by atoms with E-state index in [-0.39, 0.29) is 24.2 Å². The Kier molecular flexibility index (Phi) is 6.26. The van der Waals surface area contributed by atoms with Crippen LogP contribution in [0.5, 0.6) is 0 Å². The fourth-order valence-corrected chi connectivity index (χ4v) is 3.64. The lowest BCUT2D eigenvalue weighted by Crippen LogP contribution is -2.50. The van der Waals surface area contributed by atoms with E-state index in [1.807, 2.05) is 17.5 Å². The summed E-state index contributed by atoms with van der Waals surface area (Å²) in [6.45, 7) is 2.12. The number of thiophene rings is 1. The minimum absolute atomic E-state index is 0. The molecule has 2 amide bonds. The molecule has 2 N–H and O–H groups in total. The molecule has 2 heterocycles. The zero-order chi connectivity index (χ0) is 16.4. The lowest BCUT2D eigenvalue weighted by Gasteiger charge is -2.34. The normalized spacial score (nSPS) is 14.2. The molecule has 1 fully saturated rings. The van der Waals surface area contributed by atoms with Gasteiger partial charge in [-0.05, 0) is 29.6 Å². The van der Waals surface area contributed by atoms with Crippen LogP contribution in [0.4, 0.5) is 5.69 Å². The molecule has 0 bridgehead atoms. The maximum absolute atomic E-state index is 12.6. The number of nitrogen functional groups attached to an aromatic ring is 1. The standard InChI is InChI=1S/C16H16BrN3O2S.ClH/c17-11-3-4-12(13(18)10-11)15(21)19-5-7-20(8-6-19)16(22)14-2-1-9-23-14;/h1-4,9-10H,5-8,18H2;1H. The maximum Gasteiger partial charge on any atom is 0.264 e. The zero-order valence-electron chi connectivity index (χ0n) is 12.8. The Morgan fingerprint density at radius 3 is 2.21 bits per heavy atom. The Morgan fingerprint density at radius 2 is 1.67 bits per heavy atom. The summed E-state index contributed by atoms with van der Waals surface area (Å²) in [4.78, 5) is 29.2. The average molecular weight is 431 g/mol. The van der Waals surface area contributed by atoms with Gasteiger partial charge in [-0.15, -0.1) is 23.7 Å². The first kappa shape index (κ1) is 18.8. The molecule has 1 aliphatic heterocycles. The van der Waals surface area contributed by atoms with Crippen LogP contribution in [0.2, 0.25) is 0 Å². The Hall–Kier alpha value is -1.57. The quantitative estimate of drug-likeness (QED) is 0.745. The number of carbonyl (C=O) groups excluding carboxylic acids is 2. The van der Waals surface area contributed by atoms with E-state index in [9.17, 15) is 9.59 Å². The van der Waals surface area contributed by atoms with Crippen molar-refractivity contribution < 1.29 is 9.59 Å². The second-order valence-corrected chi connectivity index (χ2v) is 7.16. The lowest BCUT2D eigenvalue weighted by molar-refractivity contribution is 0.0538. The smallest absolute Gasteiger partial charge is 0.264 e. The number of hydrogen-bond acceptors (Lipinski definition) is 4. The van der Waals surface area contributed by atoms with Gasteiger partial charge in [0.05, 0.1) is 10.4 Å². The van der Waals surface area contributed by atoms with Gasteiger partial charge < -0.3 is 15.5 Å². The van der Waals surface area contributed by atoms with Gasteiger partial charge in [-0.3, -0.25) is 9.59 Å². The van der Waals surface area contributed by atoms with Crippen molar-refractivity contribution in [1.29, 1.82) is 0 Å². The van der Waals surface area contributed by atoms with Crippen molar-refractivity contribution in [3.8, 4) is 0 Å². The minimum atomic E-state index is -0.0850. The minimum Gasteiger partial charge on any atom is -0.398 e. The molecule has 1 saturated heterocycles. The van der Waals surface area contributed by atoms with E-state index in [0.29, 0.717) is 37.4 Å². The van der Waals surface area contributed by atoms with Crippen LogP contribution < -0.4 is 5.73 Å². The monoisotopic (exact) mass is 429 g/mol. The summed E-state index contributed by atoms with van der Waals surface area (Å²) in [5, 5.41) is 1.89. The highest BCUT2D eigenvalue weighted by atomic mass is 79.9. The van der Waals surface area contributed by atoms with Gasteiger partial charge in [-0.2, -0.15) is 0 Å². The van der Waals surface area contributed by atoms with Crippen LogP contribution in [0.1, 0.15) is 20.0 Å². The molecule has 3 rings (SSSR count). The van der Waals surface area contributed by atoms with Crippen molar-refractivity contribution in [2.45, 2.75) is 0 Å². The Morgan fingerprint density at radius 1 is 1.04 bits per heavy atom. The summed E-state index contributed by atoms with van der Waals surface area (Å²) >= 11 is 4.78. The third-order valence-corrected chi connectivity index (χ3v) is 5.18. The number of piperazine rings is 1. The molecular formula is C16H17BrClN3O2S. The summed E-state index contributed by atoms with van der Waals surface area (Å²) in [6, 6.07) is 8.95. The van der Waals surface area contributed by atoms with Crippen LogP contribution in [0.3, 0.4) is 0 Å². The van der Waals surface area contributed by atoms with E-state index in [2.05, 4.69) is 15.9 Å². The number of halogens is 2. The third-order valence-electron chi connectivity index (χ3n) is 3.83. The van der Waals surface area contributed by atoms with E-state index < -0.39 is 0 Å². The highest BCUT2D eigenvalue weighted by molar-refractivity contribution is 9.10. The Balaban J connectivity index is 0.00000208. The molecule has 1 aromatic heterocycles. The van der Waals surface area contributed by atoms with Crippen LogP contribution in [-0.2, 0) is 0 Å². The molecule has 24 heavy (non-hydrogen) atoms. The van der Waals surface area contributed by atoms with Crippen LogP contribution in [0, 0.1) is 0 Å². The van der Waals surface area contributed by atoms with Crippen molar-refractivity contribution in [3.63, 3.8) is 0 Å². The third kappa shape index (κ3) is 3.91. The molecule has 0 atom stereocenters. The van der Waals surface area contributed by atoms with E-state index in [1.165, 1.54) is 11.3 Å². The topological polar surface area (TPSA) is 66.6 Å². The Bertz CT molecular complexity index is 731. The van der Waals surface area contributed by atoms with Gasteiger partial charge >= 0.3 is 0 Å². The number of hydrogen-bond donors (Lipinski definition) is 1. The largest absolute Gasteiger partial charge is 0.398 e. The number of anilines is 1. The zero-order valence-corrected chi connectivity index (χ0v) is 16.0. The van der Waals surface area contributed by atoms with E-state index in [4.69, 9.17) is 5.73 Å². The van der Waals surface area contributed by atoms with Gasteiger partial charge in [0.15, 0.2) is 0 Å². The van der Waals surface area contributed by atoms with Crippen LogP contribution in [0.15, 0.2) is 40.2 Å². The average Bonchev–Trinajstić information content (AvgIpc) is 3.08. The van der Waals surface area contributed by atoms with Crippen molar-refractivity contribution in [3.05, 3.63) is 50.6 Å². The summed E-state index contributed by atoms with van der Waals surface area (Å²) < 4.78 is 0.845. The first-order valence-corrected chi connectivity index (χ1v) is 8.90. The maximum atomic E-state index is 12.6. The van der Waals surface area contributed by atoms with Crippen LogP contribution >= 0.6 is 39.7 Å². The Labute approximate surface area is 159 Å². The molecular weight excluding hydrogens is 414 g/mol. The molecule has 1 aliphatic rings. The highest BCUT2D eigenvalue weighted by Crippen LogP contribution is 2.21. The SMILES string of the molecule is Cl.Nc1cc(Br)ccc1C(=O)N1CCN(C(=O)c2cccs2)CC1. The molecule has 5 nitrogen and oxygen atoms in total. The number of benzene rings is 1. The number of carbonyl (C=O) groups is 2. The highest BCUT2D eigenvalue weighted by Gasteiger charge is 2.26. The number of rotatable bonds is 2. The van der Waals surface area contributed by atoms with Crippen molar-refractivity contribution >= 4 is 57.2 Å². The van der Waals surface area contributed by atoms with Crippen molar-refractivity contribution in [2.24, 2.45) is 0 Å². The fourth-order valence-electron chi connectivity index (χ4n) is 2.57. The molecule has 128 valence electrons. The molecule has 0 radical (unpaired) electrons. The van der Waals surface area contributed by atoms with E-state index in [0.717, 1.165) is 9.35 Å². The summed E-state index contributed by atoms with van der Waals surface area (Å²) in [5.74, 6) is -0.0477. The number of amides is 2. The summed E-state index contributed by atoms with van der Waals surface area (Å²) in [6.07, 6.45) is 0. The van der Waals surface area contributed by atoms with Crippen LogP contribution in [0.25, 0.3) is 0 Å². The van der Waals surface area contributed by atoms with Gasteiger partial charge in [-0.25, -0.2) is 0 Å². The summed E-state index contributed by atoms with van der Waals surface area (Å²) in [5.41, 5.74) is 6.89. The molecule has 1 aromatic carbocycles. The molecule has 0 spiro atoms. The van der Waals surface area contributed by atoms with Gasteiger partial charge in [0.1, 0.15) is 0 Å². The van der Waals surface area contributed by atoms with Gasteiger partial charge in [-0.1, -0.05) is 22.0 Å². The lowest BCUT2D eigenvalue weighted by atomic mass is 10.1. The van der Waals surface area contributed by atoms with E-state index >= 15 is 0 Å². The predicted molar refractivity (Wildman–Crippen MR) is 102 cm³/mol. The molecule has 0 saturated carbocycles. The van der Waals surface area contributed by atoms with Crippen LogP contribution in [-0.4, -0.2) is 47.8 Å². The first-order chi connectivity index (χ1) is 11.1. The molecule has 2 aromatic rings. The summed E-state index contributed by atoms with van der Waals surface area (Å²) in [7, 11) is 0. The van der Waals surface area contributed by atoms with Gasteiger partial charge in [0.25, 0.3) is 11.8 Å². The number of nitrogens with two attached hydrogens (primary N) is 1. The van der Waals surface area contributed by atoms with Gasteiger partial charge in [0, 0.05) is 36.3 Å². The second-order valence-electron chi connectivity index (χ2n) is 5.29. The fraction of sp³-hybridized carbons (Fsp3) is 0.250. The second kappa shape index (κ2) is 8.00. The molecule has 8 heteroatoms. The van der Waals surface area contributed by atoms with Crippen molar-refractivity contribution in [2.75, 3.05) is 31.9 Å². The van der Waals surface area contributed by atoms with E-state index in [1.54, 1.807) is 28.0 Å². The number of nitrogens with zero attached hydrogens (tertiary/aromatic N) is 2. The van der Waals surface area contributed by atoms with Gasteiger partial charge in [0.2, 0.25) is 0 Å². The molecule has 0 aliphatic carbocycles.